The highest BCUT2D eigenvalue weighted by Crippen LogP contribution is 2.09. The molecular weight excluding hydrogens is 244 g/mol. The fourth-order valence-electron chi connectivity index (χ4n) is 1.89. The maximum Gasteiger partial charge on any atom is 0.159 e. The number of halogens is 2. The fourth-order valence-corrected chi connectivity index (χ4v) is 1.89. The van der Waals surface area contributed by atoms with Crippen LogP contribution in [-0.4, -0.2) is 0 Å². The molecule has 0 saturated carbocycles. The van der Waals surface area contributed by atoms with Crippen molar-refractivity contribution in [1.82, 2.24) is 5.32 Å². The van der Waals surface area contributed by atoms with E-state index in [-0.39, 0.29) is 0 Å². The van der Waals surface area contributed by atoms with Gasteiger partial charge < -0.3 is 5.32 Å². The molecule has 0 spiro atoms. The highest BCUT2D eigenvalue weighted by Gasteiger charge is 2.02. The van der Waals surface area contributed by atoms with Gasteiger partial charge in [0, 0.05) is 13.1 Å². The van der Waals surface area contributed by atoms with Crippen LogP contribution in [0.3, 0.4) is 0 Å². The number of aryl methyl sites for hydroxylation is 1. The molecule has 0 radical (unpaired) electrons. The lowest BCUT2D eigenvalue weighted by molar-refractivity contribution is 0.506. The zero-order chi connectivity index (χ0) is 13.7. The monoisotopic (exact) mass is 261 g/mol. The van der Waals surface area contributed by atoms with Crippen LogP contribution in [-0.2, 0) is 19.5 Å². The molecule has 100 valence electrons. The minimum atomic E-state index is -0.807. The average molecular weight is 261 g/mol. The summed E-state index contributed by atoms with van der Waals surface area (Å²) in [7, 11) is 0. The number of nitrogens with one attached hydrogen (secondary N) is 1. The number of benzene rings is 2. The molecule has 1 nitrogen and oxygen atoms in total. The van der Waals surface area contributed by atoms with Crippen LogP contribution in [0.15, 0.2) is 42.5 Å². The van der Waals surface area contributed by atoms with Crippen molar-refractivity contribution in [2.75, 3.05) is 0 Å². The quantitative estimate of drug-likeness (QED) is 0.862. The van der Waals surface area contributed by atoms with E-state index in [9.17, 15) is 8.78 Å². The SMILES string of the molecule is CCc1ccc(CNCc2ccc(F)c(F)c2)cc1. The van der Waals surface area contributed by atoms with Crippen LogP contribution in [0.25, 0.3) is 0 Å². The van der Waals surface area contributed by atoms with Gasteiger partial charge >= 0.3 is 0 Å². The first-order valence-electron chi connectivity index (χ1n) is 6.41. The zero-order valence-electron chi connectivity index (χ0n) is 10.9. The van der Waals surface area contributed by atoms with Crippen molar-refractivity contribution < 1.29 is 8.78 Å². The second kappa shape index (κ2) is 6.43. The summed E-state index contributed by atoms with van der Waals surface area (Å²) in [5.74, 6) is -1.61. The topological polar surface area (TPSA) is 12.0 Å². The van der Waals surface area contributed by atoms with Gasteiger partial charge in [0.1, 0.15) is 0 Å². The van der Waals surface area contributed by atoms with Crippen molar-refractivity contribution >= 4 is 0 Å². The van der Waals surface area contributed by atoms with Crippen LogP contribution < -0.4 is 5.32 Å². The van der Waals surface area contributed by atoms with Gasteiger partial charge in [0.05, 0.1) is 0 Å². The lowest BCUT2D eigenvalue weighted by Crippen LogP contribution is -2.12. The summed E-state index contributed by atoms with van der Waals surface area (Å²) < 4.78 is 25.8. The molecule has 19 heavy (non-hydrogen) atoms. The molecule has 0 atom stereocenters. The van der Waals surface area contributed by atoms with Gasteiger partial charge in [-0.25, -0.2) is 8.78 Å². The summed E-state index contributed by atoms with van der Waals surface area (Å²) in [5, 5.41) is 3.21. The summed E-state index contributed by atoms with van der Waals surface area (Å²) in [4.78, 5) is 0. The fraction of sp³-hybridized carbons (Fsp3) is 0.250. The molecule has 1 N–H and O–H groups in total. The normalized spacial score (nSPS) is 10.7. The van der Waals surface area contributed by atoms with Gasteiger partial charge in [-0.2, -0.15) is 0 Å². The van der Waals surface area contributed by atoms with E-state index in [1.54, 1.807) is 6.07 Å². The van der Waals surface area contributed by atoms with E-state index in [4.69, 9.17) is 0 Å². The van der Waals surface area contributed by atoms with E-state index in [0.29, 0.717) is 13.1 Å². The van der Waals surface area contributed by atoms with Crippen molar-refractivity contribution in [1.29, 1.82) is 0 Å². The first-order chi connectivity index (χ1) is 9.19. The van der Waals surface area contributed by atoms with E-state index in [2.05, 4.69) is 36.5 Å². The molecule has 0 aliphatic rings. The van der Waals surface area contributed by atoms with E-state index in [1.807, 2.05) is 0 Å². The van der Waals surface area contributed by atoms with Gasteiger partial charge in [-0.3, -0.25) is 0 Å². The van der Waals surface area contributed by atoms with Crippen LogP contribution in [0.1, 0.15) is 23.6 Å². The molecule has 0 saturated heterocycles. The van der Waals surface area contributed by atoms with Crippen molar-refractivity contribution in [2.45, 2.75) is 26.4 Å². The molecule has 0 aliphatic carbocycles. The van der Waals surface area contributed by atoms with Crippen LogP contribution in [0, 0.1) is 11.6 Å². The summed E-state index contributed by atoms with van der Waals surface area (Å²) >= 11 is 0. The minimum Gasteiger partial charge on any atom is -0.309 e. The Kier molecular flexibility index (Phi) is 4.63. The predicted molar refractivity (Wildman–Crippen MR) is 72.7 cm³/mol. The van der Waals surface area contributed by atoms with Gasteiger partial charge in [0.15, 0.2) is 11.6 Å². The molecule has 0 unspecified atom stereocenters. The minimum absolute atomic E-state index is 0.521. The molecular formula is C16H17F2N. The first kappa shape index (κ1) is 13.7. The Bertz CT molecular complexity index is 535. The van der Waals surface area contributed by atoms with Crippen molar-refractivity contribution in [3.05, 3.63) is 70.8 Å². The molecule has 0 aromatic heterocycles. The Hall–Kier alpha value is -1.74. The summed E-state index contributed by atoms with van der Waals surface area (Å²) in [6, 6.07) is 12.3. The van der Waals surface area contributed by atoms with Crippen molar-refractivity contribution in [3.8, 4) is 0 Å². The highest BCUT2D eigenvalue weighted by atomic mass is 19.2. The Balaban J connectivity index is 1.86. The van der Waals surface area contributed by atoms with Gasteiger partial charge in [0.25, 0.3) is 0 Å². The van der Waals surface area contributed by atoms with E-state index < -0.39 is 11.6 Å². The third-order valence-electron chi connectivity index (χ3n) is 3.07. The number of hydrogen-bond donors (Lipinski definition) is 1. The Labute approximate surface area is 112 Å². The predicted octanol–water partition coefficient (Wildman–Crippen LogP) is 3.82. The smallest absolute Gasteiger partial charge is 0.159 e. The van der Waals surface area contributed by atoms with Gasteiger partial charge in [-0.05, 0) is 35.2 Å². The van der Waals surface area contributed by atoms with Gasteiger partial charge in [0.2, 0.25) is 0 Å². The van der Waals surface area contributed by atoms with Crippen molar-refractivity contribution in [2.24, 2.45) is 0 Å². The van der Waals surface area contributed by atoms with Gasteiger partial charge in [-0.15, -0.1) is 0 Å². The Morgan fingerprint density at radius 2 is 1.37 bits per heavy atom. The third kappa shape index (κ3) is 3.86. The lowest BCUT2D eigenvalue weighted by atomic mass is 10.1. The maximum atomic E-state index is 13.0. The van der Waals surface area contributed by atoms with E-state index in [1.165, 1.54) is 17.2 Å². The van der Waals surface area contributed by atoms with Crippen LogP contribution in [0.2, 0.25) is 0 Å². The summed E-state index contributed by atoms with van der Waals surface area (Å²) in [5.41, 5.74) is 3.23. The maximum absolute atomic E-state index is 13.0. The second-order valence-electron chi connectivity index (χ2n) is 4.52. The standard InChI is InChI=1S/C16H17F2N/c1-2-12-3-5-13(6-4-12)10-19-11-14-7-8-15(17)16(18)9-14/h3-9,19H,2,10-11H2,1H3. The summed E-state index contributed by atoms with van der Waals surface area (Å²) in [6.07, 6.45) is 1.03. The van der Waals surface area contributed by atoms with E-state index >= 15 is 0 Å². The molecule has 2 aromatic carbocycles. The molecule has 0 amide bonds. The second-order valence-corrected chi connectivity index (χ2v) is 4.52. The van der Waals surface area contributed by atoms with E-state index in [0.717, 1.165) is 18.1 Å². The highest BCUT2D eigenvalue weighted by molar-refractivity contribution is 5.22. The molecule has 0 aliphatic heterocycles. The number of rotatable bonds is 5. The van der Waals surface area contributed by atoms with Crippen LogP contribution in [0.4, 0.5) is 8.78 Å². The molecule has 3 heteroatoms. The Morgan fingerprint density at radius 1 is 0.789 bits per heavy atom. The third-order valence-corrected chi connectivity index (χ3v) is 3.07. The zero-order valence-corrected chi connectivity index (χ0v) is 10.9. The van der Waals surface area contributed by atoms with Crippen LogP contribution >= 0.6 is 0 Å². The molecule has 2 rings (SSSR count). The number of hydrogen-bond acceptors (Lipinski definition) is 1. The van der Waals surface area contributed by atoms with Crippen LogP contribution in [0.5, 0.6) is 0 Å². The Morgan fingerprint density at radius 3 is 2.00 bits per heavy atom. The van der Waals surface area contributed by atoms with Crippen molar-refractivity contribution in [3.63, 3.8) is 0 Å². The lowest BCUT2D eigenvalue weighted by Gasteiger charge is -2.06. The first-order valence-corrected chi connectivity index (χ1v) is 6.41. The van der Waals surface area contributed by atoms with Gasteiger partial charge in [-0.1, -0.05) is 37.3 Å². The average Bonchev–Trinajstić information content (AvgIpc) is 2.43. The molecule has 0 fully saturated rings. The molecule has 0 bridgehead atoms. The molecule has 2 aromatic rings. The summed E-state index contributed by atoms with van der Waals surface area (Å²) in [6.45, 7) is 3.35. The molecule has 0 heterocycles. The largest absolute Gasteiger partial charge is 0.309 e.